The molecule has 0 bridgehead atoms. The predicted octanol–water partition coefficient (Wildman–Crippen LogP) is 2.05. The molecule has 0 amide bonds. The zero-order valence-corrected chi connectivity index (χ0v) is 8.92. The summed E-state index contributed by atoms with van der Waals surface area (Å²) < 4.78 is 0. The van der Waals surface area contributed by atoms with Gasteiger partial charge in [0.25, 0.3) is 0 Å². The van der Waals surface area contributed by atoms with Crippen molar-refractivity contribution in [3.63, 3.8) is 0 Å². The molecule has 0 heterocycles. The highest BCUT2D eigenvalue weighted by molar-refractivity contribution is 6.45. The molecule has 1 saturated carbocycles. The fourth-order valence-corrected chi connectivity index (χ4v) is 2.40. The summed E-state index contributed by atoms with van der Waals surface area (Å²) in [6.07, 6.45) is 8.26. The minimum atomic E-state index is -0.362. The van der Waals surface area contributed by atoms with Gasteiger partial charge in [-0.2, -0.15) is 0 Å². The first kappa shape index (κ1) is 11.1. The Balaban J connectivity index is 2.14. The van der Waals surface area contributed by atoms with Crippen LogP contribution in [0.15, 0.2) is 0 Å². The largest absolute Gasteiger partial charge is 0.437 e. The molecule has 1 rings (SSSR count). The Morgan fingerprint density at radius 2 is 2.00 bits per heavy atom. The lowest BCUT2D eigenvalue weighted by Crippen LogP contribution is -2.39. The van der Waals surface area contributed by atoms with Gasteiger partial charge in [-0.25, -0.2) is 0 Å². The van der Waals surface area contributed by atoms with Crippen LogP contribution < -0.4 is 5.23 Å². The Bertz CT molecular complexity index is 135. The Hall–Kier alpha value is -0.0151. The fraction of sp³-hybridized carbons (Fsp3) is 1.00. The summed E-state index contributed by atoms with van der Waals surface area (Å²) in [5, 5.41) is 12.3. The summed E-state index contributed by atoms with van der Waals surface area (Å²) in [6, 6.07) is 0.461. The van der Waals surface area contributed by atoms with Gasteiger partial charge < -0.3 is 10.3 Å². The molecule has 1 aliphatic rings. The lowest BCUT2D eigenvalue weighted by atomic mass is 9.82. The van der Waals surface area contributed by atoms with E-state index in [0.29, 0.717) is 6.04 Å². The van der Waals surface area contributed by atoms with Crippen molar-refractivity contribution in [1.82, 2.24) is 5.23 Å². The topological polar surface area (TPSA) is 32.3 Å². The Morgan fingerprint density at radius 1 is 1.38 bits per heavy atom. The van der Waals surface area contributed by atoms with Crippen LogP contribution in [-0.4, -0.2) is 18.1 Å². The van der Waals surface area contributed by atoms with E-state index in [9.17, 15) is 0 Å². The maximum Gasteiger partial charge on any atom is 0.373 e. The van der Waals surface area contributed by atoms with Crippen molar-refractivity contribution in [2.45, 2.75) is 58.3 Å². The van der Waals surface area contributed by atoms with Gasteiger partial charge in [-0.3, -0.25) is 0 Å². The minimum absolute atomic E-state index is 0.362. The second-order valence-electron chi connectivity index (χ2n) is 4.48. The zero-order chi connectivity index (χ0) is 9.68. The van der Waals surface area contributed by atoms with E-state index in [1.165, 1.54) is 38.5 Å². The van der Waals surface area contributed by atoms with Crippen LogP contribution in [0.3, 0.4) is 0 Å². The number of nitrogens with one attached hydrogen (secondary N) is 1. The minimum Gasteiger partial charge on any atom is -0.437 e. The van der Waals surface area contributed by atoms with E-state index < -0.39 is 0 Å². The van der Waals surface area contributed by atoms with Gasteiger partial charge in [-0.1, -0.05) is 39.0 Å². The van der Waals surface area contributed by atoms with Crippen molar-refractivity contribution < 1.29 is 5.02 Å². The molecule has 1 atom stereocenters. The van der Waals surface area contributed by atoms with Crippen LogP contribution in [-0.2, 0) is 0 Å². The van der Waals surface area contributed by atoms with E-state index >= 15 is 0 Å². The molecule has 0 spiro atoms. The van der Waals surface area contributed by atoms with Gasteiger partial charge in [0.05, 0.1) is 0 Å². The normalized spacial score (nSPS) is 21.5. The zero-order valence-electron chi connectivity index (χ0n) is 8.92. The van der Waals surface area contributed by atoms with Crippen molar-refractivity contribution in [3.8, 4) is 0 Å². The molecule has 0 radical (unpaired) electrons. The molecule has 13 heavy (non-hydrogen) atoms. The first-order valence-electron chi connectivity index (χ1n) is 5.62. The van der Waals surface area contributed by atoms with Gasteiger partial charge in [-0.05, 0) is 25.2 Å². The third-order valence-electron chi connectivity index (χ3n) is 2.94. The van der Waals surface area contributed by atoms with Gasteiger partial charge in [0.2, 0.25) is 0 Å². The van der Waals surface area contributed by atoms with Crippen molar-refractivity contribution in [2.75, 3.05) is 0 Å². The van der Waals surface area contributed by atoms with Gasteiger partial charge in [-0.15, -0.1) is 0 Å². The number of hydrogen-bond acceptors (Lipinski definition) is 2. The van der Waals surface area contributed by atoms with Crippen LogP contribution >= 0.6 is 0 Å². The molecule has 0 aromatic carbocycles. The molecular formula is C10H22BNO. The molecule has 0 aromatic heterocycles. The summed E-state index contributed by atoms with van der Waals surface area (Å²) in [6.45, 7) is 3.96. The Labute approximate surface area is 82.2 Å². The first-order chi connectivity index (χ1) is 6.18. The predicted molar refractivity (Wildman–Crippen MR) is 57.6 cm³/mol. The second-order valence-corrected chi connectivity index (χ2v) is 4.48. The lowest BCUT2D eigenvalue weighted by molar-refractivity contribution is 0.314. The van der Waals surface area contributed by atoms with Crippen LogP contribution in [0.4, 0.5) is 0 Å². The molecule has 0 unspecified atom stereocenters. The molecule has 2 N–H and O–H groups in total. The highest BCUT2D eigenvalue weighted by atomic mass is 16.2. The van der Waals surface area contributed by atoms with E-state index in [1.807, 2.05) is 0 Å². The summed E-state index contributed by atoms with van der Waals surface area (Å²) in [5.41, 5.74) is 0. The summed E-state index contributed by atoms with van der Waals surface area (Å²) in [4.78, 5) is 0. The maximum atomic E-state index is 9.14. The third kappa shape index (κ3) is 4.68. The van der Waals surface area contributed by atoms with Gasteiger partial charge >= 0.3 is 7.05 Å². The van der Waals surface area contributed by atoms with E-state index in [1.54, 1.807) is 6.82 Å². The average molecular weight is 183 g/mol. The third-order valence-corrected chi connectivity index (χ3v) is 2.94. The fourth-order valence-electron chi connectivity index (χ4n) is 2.40. The van der Waals surface area contributed by atoms with E-state index in [4.69, 9.17) is 5.02 Å². The molecule has 0 aromatic rings. The monoisotopic (exact) mass is 183 g/mol. The van der Waals surface area contributed by atoms with Crippen LogP contribution in [0, 0.1) is 5.92 Å². The van der Waals surface area contributed by atoms with Crippen LogP contribution in [0.25, 0.3) is 0 Å². The van der Waals surface area contributed by atoms with Crippen molar-refractivity contribution in [2.24, 2.45) is 5.92 Å². The molecule has 3 heteroatoms. The van der Waals surface area contributed by atoms with Gasteiger partial charge in [0.1, 0.15) is 0 Å². The quantitative estimate of drug-likeness (QED) is 0.653. The second kappa shape index (κ2) is 5.66. The maximum absolute atomic E-state index is 9.14. The lowest BCUT2D eigenvalue weighted by Gasteiger charge is -2.25. The summed E-state index contributed by atoms with van der Waals surface area (Å²) in [7, 11) is -0.362. The van der Waals surface area contributed by atoms with Crippen molar-refractivity contribution in [1.29, 1.82) is 0 Å². The van der Waals surface area contributed by atoms with Crippen molar-refractivity contribution >= 4 is 7.05 Å². The number of hydrogen-bond donors (Lipinski definition) is 2. The van der Waals surface area contributed by atoms with Crippen LogP contribution in [0.1, 0.15) is 45.4 Å². The molecule has 2 nitrogen and oxygen atoms in total. The summed E-state index contributed by atoms with van der Waals surface area (Å²) in [5.74, 6) is 0.898. The Morgan fingerprint density at radius 3 is 2.54 bits per heavy atom. The van der Waals surface area contributed by atoms with Crippen LogP contribution in [0.5, 0.6) is 0 Å². The van der Waals surface area contributed by atoms with Gasteiger partial charge in [0.15, 0.2) is 0 Å². The van der Waals surface area contributed by atoms with Gasteiger partial charge in [0, 0.05) is 0 Å². The molecule has 0 saturated heterocycles. The SMILES string of the molecule is CB(O)N[C@H](C)CC1CCCCC1. The molecule has 1 fully saturated rings. The molecule has 1 aliphatic carbocycles. The standard InChI is InChI=1S/C10H22BNO/c1-9(12-11(2)13)8-10-6-4-3-5-7-10/h9-10,12-13H,3-8H2,1-2H3/t9-/m1/s1. The van der Waals surface area contributed by atoms with Crippen molar-refractivity contribution in [3.05, 3.63) is 0 Å². The first-order valence-corrected chi connectivity index (χ1v) is 5.62. The number of rotatable bonds is 4. The highest BCUT2D eigenvalue weighted by Crippen LogP contribution is 2.27. The molecular weight excluding hydrogens is 161 g/mol. The Kier molecular flexibility index (Phi) is 4.82. The van der Waals surface area contributed by atoms with E-state index in [-0.39, 0.29) is 7.05 Å². The molecule has 76 valence electrons. The average Bonchev–Trinajstić information content (AvgIpc) is 2.04. The van der Waals surface area contributed by atoms with Crippen LogP contribution in [0.2, 0.25) is 6.82 Å². The highest BCUT2D eigenvalue weighted by Gasteiger charge is 2.17. The van der Waals surface area contributed by atoms with E-state index in [2.05, 4.69) is 12.2 Å². The summed E-state index contributed by atoms with van der Waals surface area (Å²) >= 11 is 0. The van der Waals surface area contributed by atoms with E-state index in [0.717, 1.165) is 5.92 Å². The smallest absolute Gasteiger partial charge is 0.373 e. The molecule has 0 aliphatic heterocycles.